The molecule has 2 rings (SSSR count). The van der Waals surface area contributed by atoms with Gasteiger partial charge in [-0.2, -0.15) is 0 Å². The molecule has 0 saturated heterocycles. The molecule has 0 aliphatic carbocycles. The van der Waals surface area contributed by atoms with Crippen molar-refractivity contribution >= 4 is 32.3 Å². The second-order valence-electron chi connectivity index (χ2n) is 4.71. The lowest BCUT2D eigenvalue weighted by Gasteiger charge is -2.02. The molecule has 8 heteroatoms. The van der Waals surface area contributed by atoms with Crippen LogP contribution in [0.15, 0.2) is 29.2 Å². The van der Waals surface area contributed by atoms with Crippen LogP contribution in [0.5, 0.6) is 0 Å². The van der Waals surface area contributed by atoms with Gasteiger partial charge in [-0.3, -0.25) is 5.32 Å². The number of rotatable bonds is 4. The number of aromatic nitrogens is 1. The third-order valence-electron chi connectivity index (χ3n) is 2.90. The van der Waals surface area contributed by atoms with Crippen molar-refractivity contribution in [1.82, 2.24) is 10.3 Å². The van der Waals surface area contributed by atoms with Crippen molar-refractivity contribution < 1.29 is 13.2 Å². The van der Waals surface area contributed by atoms with Gasteiger partial charge in [0.2, 0.25) is 0 Å². The Morgan fingerprint density at radius 3 is 2.45 bits per heavy atom. The number of amides is 2. The molecular formula is C14H17N3O3S2. The van der Waals surface area contributed by atoms with Crippen LogP contribution in [0.25, 0.3) is 10.4 Å². The summed E-state index contributed by atoms with van der Waals surface area (Å²) in [6, 6.07) is 6.33. The maximum atomic E-state index is 11.5. The summed E-state index contributed by atoms with van der Waals surface area (Å²) >= 11 is 1.35. The van der Waals surface area contributed by atoms with E-state index in [1.165, 1.54) is 17.6 Å². The summed E-state index contributed by atoms with van der Waals surface area (Å²) in [4.78, 5) is 17.0. The maximum absolute atomic E-state index is 11.5. The Balaban J connectivity index is 2.26. The van der Waals surface area contributed by atoms with E-state index in [1.807, 2.05) is 13.8 Å². The fourth-order valence-corrected chi connectivity index (χ4v) is 3.47. The summed E-state index contributed by atoms with van der Waals surface area (Å²) in [5.41, 5.74) is 1.65. The number of sulfone groups is 1. The summed E-state index contributed by atoms with van der Waals surface area (Å²) in [5.74, 6) is 0. The van der Waals surface area contributed by atoms with Gasteiger partial charge in [0.1, 0.15) is 0 Å². The number of thiazole rings is 1. The Labute approximate surface area is 133 Å². The van der Waals surface area contributed by atoms with Crippen molar-refractivity contribution in [3.8, 4) is 10.4 Å². The fourth-order valence-electron chi connectivity index (χ4n) is 1.87. The molecule has 1 aromatic heterocycles. The SMILES string of the molecule is CCNC(=O)Nc1nc(C)c(-c2ccc(S(C)(=O)=O)cc2)s1. The zero-order chi connectivity index (χ0) is 16.3. The van der Waals surface area contributed by atoms with Gasteiger partial charge >= 0.3 is 6.03 Å². The standard InChI is InChI=1S/C14H17N3O3S2/c1-4-15-13(18)17-14-16-9(2)12(21-14)10-5-7-11(8-6-10)22(3,19)20/h5-8H,4H2,1-3H3,(H2,15,16,17,18). The lowest BCUT2D eigenvalue weighted by Crippen LogP contribution is -2.28. The van der Waals surface area contributed by atoms with Crippen LogP contribution >= 0.6 is 11.3 Å². The van der Waals surface area contributed by atoms with E-state index in [4.69, 9.17) is 0 Å². The van der Waals surface area contributed by atoms with E-state index in [0.717, 1.165) is 16.1 Å². The fraction of sp³-hybridized carbons (Fsp3) is 0.286. The highest BCUT2D eigenvalue weighted by Gasteiger charge is 2.13. The van der Waals surface area contributed by atoms with Crippen LogP contribution in [0.4, 0.5) is 9.93 Å². The number of benzene rings is 1. The predicted octanol–water partition coefficient (Wildman–Crippen LogP) is 2.66. The molecule has 0 fully saturated rings. The molecule has 0 atom stereocenters. The number of aryl methyl sites for hydroxylation is 1. The van der Waals surface area contributed by atoms with Crippen LogP contribution in [-0.2, 0) is 9.84 Å². The zero-order valence-corrected chi connectivity index (χ0v) is 14.1. The van der Waals surface area contributed by atoms with Crippen LogP contribution in [0.2, 0.25) is 0 Å². The monoisotopic (exact) mass is 339 g/mol. The quantitative estimate of drug-likeness (QED) is 0.896. The molecule has 6 nitrogen and oxygen atoms in total. The molecule has 0 radical (unpaired) electrons. The van der Waals surface area contributed by atoms with Gasteiger partial charge in [-0.1, -0.05) is 23.5 Å². The lowest BCUT2D eigenvalue weighted by atomic mass is 10.2. The van der Waals surface area contributed by atoms with E-state index in [1.54, 1.807) is 24.3 Å². The molecule has 0 bridgehead atoms. The van der Waals surface area contributed by atoms with Gasteiger partial charge in [0, 0.05) is 12.8 Å². The highest BCUT2D eigenvalue weighted by Crippen LogP contribution is 2.33. The lowest BCUT2D eigenvalue weighted by molar-refractivity contribution is 0.252. The Morgan fingerprint density at radius 1 is 1.27 bits per heavy atom. The molecule has 2 aromatic rings. The van der Waals surface area contributed by atoms with E-state index < -0.39 is 9.84 Å². The Bertz CT molecular complexity index is 780. The first-order chi connectivity index (χ1) is 10.3. The van der Waals surface area contributed by atoms with E-state index in [-0.39, 0.29) is 10.9 Å². The average molecular weight is 339 g/mol. The average Bonchev–Trinajstić information content (AvgIpc) is 2.79. The zero-order valence-electron chi connectivity index (χ0n) is 12.5. The van der Waals surface area contributed by atoms with Crippen molar-refractivity contribution in [2.75, 3.05) is 18.1 Å². The molecule has 22 heavy (non-hydrogen) atoms. The van der Waals surface area contributed by atoms with Crippen molar-refractivity contribution in [2.24, 2.45) is 0 Å². The van der Waals surface area contributed by atoms with Gasteiger partial charge < -0.3 is 5.32 Å². The molecule has 2 amide bonds. The molecule has 0 spiro atoms. The molecule has 0 aliphatic heterocycles. The molecule has 0 unspecified atom stereocenters. The Morgan fingerprint density at radius 2 is 1.91 bits per heavy atom. The summed E-state index contributed by atoms with van der Waals surface area (Å²) in [6.07, 6.45) is 1.17. The number of nitrogens with one attached hydrogen (secondary N) is 2. The largest absolute Gasteiger partial charge is 0.338 e. The molecule has 2 N–H and O–H groups in total. The van der Waals surface area contributed by atoms with Crippen LogP contribution in [-0.4, -0.2) is 32.2 Å². The highest BCUT2D eigenvalue weighted by molar-refractivity contribution is 7.90. The number of hydrogen-bond donors (Lipinski definition) is 2. The summed E-state index contributed by atoms with van der Waals surface area (Å²) in [7, 11) is -3.21. The van der Waals surface area contributed by atoms with Gasteiger partial charge in [0.25, 0.3) is 0 Å². The normalized spacial score (nSPS) is 11.2. The van der Waals surface area contributed by atoms with E-state index in [9.17, 15) is 13.2 Å². The van der Waals surface area contributed by atoms with Crippen LogP contribution in [0.3, 0.4) is 0 Å². The summed E-state index contributed by atoms with van der Waals surface area (Å²) < 4.78 is 22.9. The first-order valence-corrected chi connectivity index (χ1v) is 9.35. The topological polar surface area (TPSA) is 88.2 Å². The molecule has 0 aliphatic rings. The summed E-state index contributed by atoms with van der Waals surface area (Å²) in [6.45, 7) is 4.22. The molecule has 0 saturated carbocycles. The minimum absolute atomic E-state index is 0.277. The first kappa shape index (κ1) is 16.4. The van der Waals surface area contributed by atoms with Crippen molar-refractivity contribution in [3.63, 3.8) is 0 Å². The molecular weight excluding hydrogens is 322 g/mol. The maximum Gasteiger partial charge on any atom is 0.321 e. The number of carbonyl (C=O) groups excluding carboxylic acids is 1. The number of carbonyl (C=O) groups is 1. The van der Waals surface area contributed by atoms with Gasteiger partial charge in [0.15, 0.2) is 15.0 Å². The number of urea groups is 1. The second-order valence-corrected chi connectivity index (χ2v) is 7.73. The Kier molecular flexibility index (Phi) is 4.82. The number of nitrogens with zero attached hydrogens (tertiary/aromatic N) is 1. The smallest absolute Gasteiger partial charge is 0.321 e. The van der Waals surface area contributed by atoms with Gasteiger partial charge in [-0.05, 0) is 31.5 Å². The van der Waals surface area contributed by atoms with Crippen molar-refractivity contribution in [3.05, 3.63) is 30.0 Å². The van der Waals surface area contributed by atoms with E-state index in [2.05, 4.69) is 15.6 Å². The third kappa shape index (κ3) is 3.83. The van der Waals surface area contributed by atoms with E-state index >= 15 is 0 Å². The molecule has 1 heterocycles. The van der Waals surface area contributed by atoms with Gasteiger partial charge in [0.05, 0.1) is 15.5 Å². The van der Waals surface area contributed by atoms with Crippen LogP contribution in [0.1, 0.15) is 12.6 Å². The minimum atomic E-state index is -3.21. The molecule has 118 valence electrons. The highest BCUT2D eigenvalue weighted by atomic mass is 32.2. The van der Waals surface area contributed by atoms with Gasteiger partial charge in [-0.25, -0.2) is 18.2 Å². The van der Waals surface area contributed by atoms with Crippen molar-refractivity contribution in [1.29, 1.82) is 0 Å². The number of hydrogen-bond acceptors (Lipinski definition) is 5. The minimum Gasteiger partial charge on any atom is -0.338 e. The second kappa shape index (κ2) is 6.45. The third-order valence-corrected chi connectivity index (χ3v) is 5.15. The van der Waals surface area contributed by atoms with Crippen molar-refractivity contribution in [2.45, 2.75) is 18.7 Å². The molecule has 1 aromatic carbocycles. The summed E-state index contributed by atoms with van der Waals surface area (Å²) in [5, 5.41) is 5.81. The Hall–Kier alpha value is -1.93. The van der Waals surface area contributed by atoms with E-state index in [0.29, 0.717) is 11.7 Å². The number of anilines is 1. The van der Waals surface area contributed by atoms with Crippen LogP contribution in [0, 0.1) is 6.92 Å². The van der Waals surface area contributed by atoms with Gasteiger partial charge in [-0.15, -0.1) is 0 Å². The predicted molar refractivity (Wildman–Crippen MR) is 88.1 cm³/mol. The van der Waals surface area contributed by atoms with Crippen LogP contribution < -0.4 is 10.6 Å². The first-order valence-electron chi connectivity index (χ1n) is 6.64.